The molecular formula is C14H25N3. The average Bonchev–Trinajstić information content (AvgIpc) is 2.86. The summed E-state index contributed by atoms with van der Waals surface area (Å²) in [7, 11) is 0. The maximum atomic E-state index is 4.81. The summed E-state index contributed by atoms with van der Waals surface area (Å²) in [4.78, 5) is 8.36. The molecule has 1 aliphatic heterocycles. The Labute approximate surface area is 104 Å². The highest BCUT2D eigenvalue weighted by Gasteiger charge is 2.20. The summed E-state index contributed by atoms with van der Waals surface area (Å²) in [6.45, 7) is 11.2. The maximum absolute atomic E-state index is 4.81. The Bertz CT molecular complexity index is 334. The van der Waals surface area contributed by atoms with E-state index in [1.807, 2.05) is 0 Å². The second-order valence-electron chi connectivity index (χ2n) is 5.85. The third-order valence-electron chi connectivity index (χ3n) is 3.58. The van der Waals surface area contributed by atoms with Gasteiger partial charge in [-0.05, 0) is 37.3 Å². The molecule has 1 aromatic rings. The molecule has 2 heterocycles. The molecule has 1 unspecified atom stereocenters. The van der Waals surface area contributed by atoms with Gasteiger partial charge in [-0.25, -0.2) is 4.98 Å². The van der Waals surface area contributed by atoms with Gasteiger partial charge in [-0.1, -0.05) is 27.7 Å². The molecule has 1 aromatic heterocycles. The van der Waals surface area contributed by atoms with E-state index < -0.39 is 0 Å². The number of nitrogens with zero attached hydrogens (tertiary/aromatic N) is 1. The van der Waals surface area contributed by atoms with Crippen molar-refractivity contribution in [1.29, 1.82) is 0 Å². The molecule has 1 fully saturated rings. The Morgan fingerprint density at radius 3 is 2.47 bits per heavy atom. The van der Waals surface area contributed by atoms with Crippen LogP contribution < -0.4 is 5.32 Å². The molecule has 0 amide bonds. The smallest absolute Gasteiger partial charge is 0.106 e. The third-order valence-corrected chi connectivity index (χ3v) is 3.58. The van der Waals surface area contributed by atoms with Gasteiger partial charge in [-0.3, -0.25) is 0 Å². The number of aromatic amines is 1. The van der Waals surface area contributed by atoms with E-state index in [1.54, 1.807) is 0 Å². The van der Waals surface area contributed by atoms with E-state index in [0.29, 0.717) is 11.8 Å². The van der Waals surface area contributed by atoms with E-state index in [1.165, 1.54) is 30.2 Å². The van der Waals surface area contributed by atoms with Crippen LogP contribution in [0.5, 0.6) is 0 Å². The number of H-pyrrole nitrogens is 1. The minimum atomic E-state index is 0.513. The van der Waals surface area contributed by atoms with E-state index in [2.05, 4.69) is 38.0 Å². The largest absolute Gasteiger partial charge is 0.345 e. The van der Waals surface area contributed by atoms with E-state index in [-0.39, 0.29) is 0 Å². The summed E-state index contributed by atoms with van der Waals surface area (Å²) in [5, 5.41) is 3.42. The first-order valence-electron chi connectivity index (χ1n) is 6.87. The predicted molar refractivity (Wildman–Crippen MR) is 71.4 cm³/mol. The maximum Gasteiger partial charge on any atom is 0.106 e. The van der Waals surface area contributed by atoms with Crippen molar-refractivity contribution in [3.8, 4) is 0 Å². The lowest BCUT2D eigenvalue weighted by Gasteiger charge is -2.07. The Kier molecular flexibility index (Phi) is 3.87. The highest BCUT2D eigenvalue weighted by atomic mass is 15.0. The first-order valence-corrected chi connectivity index (χ1v) is 6.87. The van der Waals surface area contributed by atoms with Gasteiger partial charge in [0.1, 0.15) is 5.82 Å². The van der Waals surface area contributed by atoms with Crippen LogP contribution in [0.1, 0.15) is 63.2 Å². The number of imidazole rings is 1. The zero-order valence-electron chi connectivity index (χ0n) is 11.5. The quantitative estimate of drug-likeness (QED) is 0.842. The van der Waals surface area contributed by atoms with Gasteiger partial charge in [0.25, 0.3) is 0 Å². The Hall–Kier alpha value is -0.830. The van der Waals surface area contributed by atoms with Crippen molar-refractivity contribution in [2.45, 2.75) is 52.4 Å². The van der Waals surface area contributed by atoms with E-state index >= 15 is 0 Å². The van der Waals surface area contributed by atoms with Crippen molar-refractivity contribution in [2.75, 3.05) is 13.1 Å². The zero-order chi connectivity index (χ0) is 12.4. The fourth-order valence-electron chi connectivity index (χ4n) is 2.59. The van der Waals surface area contributed by atoms with E-state index in [0.717, 1.165) is 18.9 Å². The molecule has 2 N–H and O–H groups in total. The second kappa shape index (κ2) is 5.21. The molecule has 2 rings (SSSR count). The molecule has 0 radical (unpaired) electrons. The first kappa shape index (κ1) is 12.6. The van der Waals surface area contributed by atoms with Crippen molar-refractivity contribution in [3.63, 3.8) is 0 Å². The summed E-state index contributed by atoms with van der Waals surface area (Å²) in [6, 6.07) is 0. The summed E-state index contributed by atoms with van der Waals surface area (Å²) >= 11 is 0. The highest BCUT2D eigenvalue weighted by Crippen LogP contribution is 2.25. The summed E-state index contributed by atoms with van der Waals surface area (Å²) < 4.78 is 0. The van der Waals surface area contributed by atoms with Crippen LogP contribution in [0.3, 0.4) is 0 Å². The lowest BCUT2D eigenvalue weighted by molar-refractivity contribution is 0.563. The van der Waals surface area contributed by atoms with Crippen LogP contribution in [0.2, 0.25) is 0 Å². The molecule has 3 heteroatoms. The van der Waals surface area contributed by atoms with Crippen LogP contribution in [0.15, 0.2) is 0 Å². The van der Waals surface area contributed by atoms with Gasteiger partial charge in [0.15, 0.2) is 0 Å². The van der Waals surface area contributed by atoms with Crippen LogP contribution in [0.4, 0.5) is 0 Å². The van der Waals surface area contributed by atoms with Crippen molar-refractivity contribution < 1.29 is 0 Å². The van der Waals surface area contributed by atoms with E-state index in [4.69, 9.17) is 4.98 Å². The van der Waals surface area contributed by atoms with Crippen molar-refractivity contribution in [2.24, 2.45) is 5.92 Å². The second-order valence-corrected chi connectivity index (χ2v) is 5.85. The molecular weight excluding hydrogens is 210 g/mol. The molecule has 3 nitrogen and oxygen atoms in total. The van der Waals surface area contributed by atoms with Gasteiger partial charge in [0, 0.05) is 12.1 Å². The van der Waals surface area contributed by atoms with Gasteiger partial charge in [-0.15, -0.1) is 0 Å². The first-order chi connectivity index (χ1) is 8.08. The van der Waals surface area contributed by atoms with Gasteiger partial charge < -0.3 is 10.3 Å². The molecule has 0 spiro atoms. The molecule has 1 saturated heterocycles. The van der Waals surface area contributed by atoms with Gasteiger partial charge in [-0.2, -0.15) is 0 Å². The monoisotopic (exact) mass is 235 g/mol. The molecule has 0 aromatic carbocycles. The number of nitrogens with one attached hydrogen (secondary N) is 2. The fourth-order valence-corrected chi connectivity index (χ4v) is 2.59. The summed E-state index contributed by atoms with van der Waals surface area (Å²) in [6.07, 6.45) is 2.38. The molecule has 0 aliphatic carbocycles. The van der Waals surface area contributed by atoms with Gasteiger partial charge >= 0.3 is 0 Å². The molecule has 17 heavy (non-hydrogen) atoms. The molecule has 0 bridgehead atoms. The van der Waals surface area contributed by atoms with Crippen molar-refractivity contribution in [3.05, 3.63) is 17.2 Å². The lowest BCUT2D eigenvalue weighted by atomic mass is 10.0. The highest BCUT2D eigenvalue weighted by molar-refractivity contribution is 5.21. The van der Waals surface area contributed by atoms with Crippen LogP contribution in [-0.4, -0.2) is 23.1 Å². The molecule has 0 saturated carbocycles. The van der Waals surface area contributed by atoms with Crippen molar-refractivity contribution in [1.82, 2.24) is 15.3 Å². The summed E-state index contributed by atoms with van der Waals surface area (Å²) in [5.41, 5.74) is 2.60. The van der Waals surface area contributed by atoms with E-state index in [9.17, 15) is 0 Å². The van der Waals surface area contributed by atoms with Crippen LogP contribution in [0.25, 0.3) is 0 Å². The number of aromatic nitrogens is 2. The Morgan fingerprint density at radius 1 is 1.24 bits per heavy atom. The van der Waals surface area contributed by atoms with Gasteiger partial charge in [0.05, 0.1) is 5.69 Å². The fraction of sp³-hybridized carbons (Fsp3) is 0.786. The molecule has 96 valence electrons. The van der Waals surface area contributed by atoms with Crippen LogP contribution in [0, 0.1) is 5.92 Å². The molecule has 1 aliphatic rings. The normalized spacial score (nSPS) is 20.7. The predicted octanol–water partition coefficient (Wildman–Crippen LogP) is 2.81. The van der Waals surface area contributed by atoms with Crippen LogP contribution >= 0.6 is 0 Å². The lowest BCUT2D eigenvalue weighted by Crippen LogP contribution is -2.11. The number of rotatable bonds is 4. The molecule has 1 atom stereocenters. The minimum absolute atomic E-state index is 0.513. The van der Waals surface area contributed by atoms with Crippen molar-refractivity contribution >= 4 is 0 Å². The third kappa shape index (κ3) is 2.89. The van der Waals surface area contributed by atoms with Gasteiger partial charge in [0.2, 0.25) is 0 Å². The SMILES string of the molecule is CC(C)c1nc(CC2CCNC2)[nH]c1C(C)C. The average molecular weight is 235 g/mol. The Balaban J connectivity index is 2.14. The topological polar surface area (TPSA) is 40.7 Å². The zero-order valence-corrected chi connectivity index (χ0v) is 11.5. The number of hydrogen-bond acceptors (Lipinski definition) is 2. The minimum Gasteiger partial charge on any atom is -0.345 e. The van der Waals surface area contributed by atoms with Crippen LogP contribution in [-0.2, 0) is 6.42 Å². The number of hydrogen-bond donors (Lipinski definition) is 2. The standard InChI is InChI=1S/C14H25N3/c1-9(2)13-14(10(3)4)17-12(16-13)7-11-5-6-15-8-11/h9-11,15H,5-8H2,1-4H3,(H,16,17). The Morgan fingerprint density at radius 2 is 2.00 bits per heavy atom. The summed E-state index contributed by atoms with van der Waals surface area (Å²) in [5.74, 6) is 3.00.